The molecule has 2 heterocycles. The summed E-state index contributed by atoms with van der Waals surface area (Å²) in [6.07, 6.45) is -0.949. The fourth-order valence-corrected chi connectivity index (χ4v) is 4.34. The Labute approximate surface area is 202 Å². The zero-order chi connectivity index (χ0) is 24.5. The first-order chi connectivity index (χ1) is 16.9. The lowest BCUT2D eigenvalue weighted by molar-refractivity contribution is -0.122. The maximum Gasteiger partial charge on any atom is 0.344 e. The van der Waals surface area contributed by atoms with Gasteiger partial charge >= 0.3 is 5.63 Å². The molecule has 0 aliphatic carbocycles. The molecule has 0 saturated heterocycles. The number of carbonyl (C=O) groups excluding carboxylic acids is 1. The monoisotopic (exact) mass is 471 g/mol. The second-order valence-electron chi connectivity index (χ2n) is 8.60. The highest BCUT2D eigenvalue weighted by atomic mass is 16.5. The first-order valence-corrected chi connectivity index (χ1v) is 11.4. The number of methoxy groups -OCH3 is 1. The number of hydrogen-bond donors (Lipinski definition) is 1. The molecule has 1 N–H and O–H groups in total. The van der Waals surface area contributed by atoms with E-state index in [1.807, 2.05) is 50.2 Å². The van der Waals surface area contributed by atoms with Gasteiger partial charge in [-0.25, -0.2) is 4.79 Å². The van der Waals surface area contributed by atoms with Crippen LogP contribution in [0.5, 0.6) is 17.2 Å². The van der Waals surface area contributed by atoms with Crippen molar-refractivity contribution < 1.29 is 23.4 Å². The highest BCUT2D eigenvalue weighted by Crippen LogP contribution is 2.44. The Bertz CT molecular complexity index is 1420. The summed E-state index contributed by atoms with van der Waals surface area (Å²) in [5.41, 5.74) is 1.55. The number of benzene rings is 3. The van der Waals surface area contributed by atoms with Crippen LogP contribution in [0.4, 0.5) is 5.69 Å². The van der Waals surface area contributed by atoms with Crippen molar-refractivity contribution >= 4 is 22.6 Å². The van der Waals surface area contributed by atoms with Gasteiger partial charge in [0.25, 0.3) is 5.91 Å². The summed E-state index contributed by atoms with van der Waals surface area (Å²) in [7, 11) is 1.58. The molecule has 2 atom stereocenters. The standard InChI is InChI=1S/C28H25NO6/c1-16(2)33-20-12-8-17(9-13-20)23-24-25(21-6-4-5-7-22(21)34-28(24)31)35-26(23)27(30)29-18-10-14-19(32-3)15-11-18/h4-16,23,26H,1-3H3,(H,29,30)/t23-,26-/m0/s1. The van der Waals surface area contributed by atoms with Crippen LogP contribution < -0.4 is 25.2 Å². The molecule has 0 radical (unpaired) electrons. The van der Waals surface area contributed by atoms with Gasteiger partial charge in [-0.3, -0.25) is 4.79 Å². The zero-order valence-electron chi connectivity index (χ0n) is 19.6. The smallest absolute Gasteiger partial charge is 0.344 e. The molecule has 1 amide bonds. The van der Waals surface area contributed by atoms with Gasteiger partial charge in [0.2, 0.25) is 0 Å². The third kappa shape index (κ3) is 4.33. The fraction of sp³-hybridized carbons (Fsp3) is 0.214. The average Bonchev–Trinajstić information content (AvgIpc) is 3.27. The lowest BCUT2D eigenvalue weighted by atomic mass is 9.88. The van der Waals surface area contributed by atoms with Crippen molar-refractivity contribution in [1.82, 2.24) is 0 Å². The average molecular weight is 472 g/mol. The summed E-state index contributed by atoms with van der Waals surface area (Å²) >= 11 is 0. The lowest BCUT2D eigenvalue weighted by Gasteiger charge is -2.19. The Morgan fingerprint density at radius 2 is 1.63 bits per heavy atom. The molecule has 0 saturated carbocycles. The maximum absolute atomic E-state index is 13.5. The highest BCUT2D eigenvalue weighted by Gasteiger charge is 2.44. The number of fused-ring (bicyclic) bond motifs is 3. The molecule has 7 nitrogen and oxygen atoms in total. The van der Waals surface area contributed by atoms with Crippen LogP contribution in [0.1, 0.15) is 30.9 Å². The Morgan fingerprint density at radius 3 is 2.31 bits per heavy atom. The summed E-state index contributed by atoms with van der Waals surface area (Å²) < 4.78 is 22.8. The Morgan fingerprint density at radius 1 is 0.943 bits per heavy atom. The number of hydrogen-bond acceptors (Lipinski definition) is 6. The van der Waals surface area contributed by atoms with Crippen molar-refractivity contribution in [3.8, 4) is 17.2 Å². The fourth-order valence-electron chi connectivity index (χ4n) is 4.34. The number of nitrogens with one attached hydrogen (secondary N) is 1. The SMILES string of the molecule is COc1ccc(NC(=O)[C@H]2Oc3c(c(=O)oc4ccccc34)[C@@H]2c2ccc(OC(C)C)cc2)cc1. The van der Waals surface area contributed by atoms with E-state index in [4.69, 9.17) is 18.6 Å². The molecule has 178 valence electrons. The van der Waals surface area contributed by atoms with E-state index in [0.717, 1.165) is 5.56 Å². The first-order valence-electron chi connectivity index (χ1n) is 11.4. The van der Waals surface area contributed by atoms with Crippen LogP contribution in [0, 0.1) is 0 Å². The van der Waals surface area contributed by atoms with Crippen LogP contribution in [-0.4, -0.2) is 25.2 Å². The molecule has 1 aliphatic rings. The molecule has 0 spiro atoms. The molecule has 35 heavy (non-hydrogen) atoms. The zero-order valence-corrected chi connectivity index (χ0v) is 19.6. The number of rotatable bonds is 6. The summed E-state index contributed by atoms with van der Waals surface area (Å²) in [5.74, 6) is 0.727. The van der Waals surface area contributed by atoms with Crippen molar-refractivity contribution in [1.29, 1.82) is 0 Å². The van der Waals surface area contributed by atoms with E-state index in [0.29, 0.717) is 39.5 Å². The second-order valence-corrected chi connectivity index (χ2v) is 8.60. The predicted molar refractivity (Wildman–Crippen MR) is 133 cm³/mol. The molecule has 1 aliphatic heterocycles. The molecule has 1 aromatic heterocycles. The van der Waals surface area contributed by atoms with Gasteiger partial charge in [-0.15, -0.1) is 0 Å². The van der Waals surface area contributed by atoms with Gasteiger partial charge in [0.05, 0.1) is 30.1 Å². The Kier molecular flexibility index (Phi) is 5.91. The van der Waals surface area contributed by atoms with Crippen molar-refractivity contribution in [2.24, 2.45) is 0 Å². The number of para-hydroxylation sites is 1. The van der Waals surface area contributed by atoms with Crippen LogP contribution in [0.3, 0.4) is 0 Å². The third-order valence-corrected chi connectivity index (χ3v) is 5.88. The predicted octanol–water partition coefficient (Wildman–Crippen LogP) is 5.12. The van der Waals surface area contributed by atoms with Gasteiger partial charge in [0, 0.05) is 5.69 Å². The van der Waals surface area contributed by atoms with E-state index >= 15 is 0 Å². The molecular weight excluding hydrogens is 446 g/mol. The third-order valence-electron chi connectivity index (χ3n) is 5.88. The van der Waals surface area contributed by atoms with Crippen LogP contribution >= 0.6 is 0 Å². The number of amides is 1. The van der Waals surface area contributed by atoms with E-state index in [9.17, 15) is 9.59 Å². The minimum atomic E-state index is -0.974. The summed E-state index contributed by atoms with van der Waals surface area (Å²) in [4.78, 5) is 26.6. The van der Waals surface area contributed by atoms with Gasteiger partial charge in [0.1, 0.15) is 22.8 Å². The van der Waals surface area contributed by atoms with Gasteiger partial charge in [0.15, 0.2) is 6.10 Å². The van der Waals surface area contributed by atoms with Gasteiger partial charge in [-0.05, 0) is 67.9 Å². The number of anilines is 1. The van der Waals surface area contributed by atoms with Crippen molar-refractivity contribution in [2.45, 2.75) is 32.0 Å². The van der Waals surface area contributed by atoms with E-state index in [1.54, 1.807) is 43.5 Å². The molecule has 4 aromatic rings. The minimum Gasteiger partial charge on any atom is -0.497 e. The van der Waals surface area contributed by atoms with Gasteiger partial charge in [-0.1, -0.05) is 24.3 Å². The molecule has 0 unspecified atom stereocenters. The van der Waals surface area contributed by atoms with Crippen molar-refractivity contribution in [3.63, 3.8) is 0 Å². The number of ether oxygens (including phenoxy) is 3. The molecule has 3 aromatic carbocycles. The quantitative estimate of drug-likeness (QED) is 0.393. The first kappa shape index (κ1) is 22.5. The molecule has 0 fully saturated rings. The molecular formula is C28H25NO6. The summed E-state index contributed by atoms with van der Waals surface area (Å²) in [5, 5.41) is 3.54. The molecule has 0 bridgehead atoms. The van der Waals surface area contributed by atoms with E-state index in [2.05, 4.69) is 5.32 Å². The topological polar surface area (TPSA) is 87.0 Å². The highest BCUT2D eigenvalue weighted by molar-refractivity contribution is 5.97. The second kappa shape index (κ2) is 9.18. The minimum absolute atomic E-state index is 0.0258. The summed E-state index contributed by atoms with van der Waals surface area (Å²) in [6.45, 7) is 3.90. The summed E-state index contributed by atoms with van der Waals surface area (Å²) in [6, 6.07) is 21.5. The van der Waals surface area contributed by atoms with Gasteiger partial charge in [-0.2, -0.15) is 0 Å². The normalized spacial score (nSPS) is 16.6. The Hall–Kier alpha value is -4.26. The van der Waals surface area contributed by atoms with Crippen molar-refractivity contribution in [2.75, 3.05) is 12.4 Å². The van der Waals surface area contributed by atoms with E-state index < -0.39 is 17.6 Å². The van der Waals surface area contributed by atoms with Crippen LogP contribution in [0.2, 0.25) is 0 Å². The number of carbonyl (C=O) groups is 1. The van der Waals surface area contributed by atoms with E-state index in [1.165, 1.54) is 0 Å². The lowest BCUT2D eigenvalue weighted by Crippen LogP contribution is -2.35. The van der Waals surface area contributed by atoms with Crippen LogP contribution in [0.25, 0.3) is 11.0 Å². The van der Waals surface area contributed by atoms with Crippen LogP contribution in [-0.2, 0) is 4.79 Å². The largest absolute Gasteiger partial charge is 0.497 e. The van der Waals surface area contributed by atoms with Crippen LogP contribution in [0.15, 0.2) is 82.0 Å². The van der Waals surface area contributed by atoms with Crippen molar-refractivity contribution in [3.05, 3.63) is 94.3 Å². The molecule has 7 heteroatoms. The Balaban J connectivity index is 1.56. The van der Waals surface area contributed by atoms with Gasteiger partial charge < -0.3 is 23.9 Å². The molecule has 5 rings (SSSR count). The van der Waals surface area contributed by atoms with E-state index in [-0.39, 0.29) is 12.0 Å². The maximum atomic E-state index is 13.5.